The fourth-order valence-corrected chi connectivity index (χ4v) is 5.87. The van der Waals surface area contributed by atoms with Gasteiger partial charge >= 0.3 is 0 Å². The Balaban J connectivity index is 0.000000226. The van der Waals surface area contributed by atoms with Crippen LogP contribution in [0.2, 0.25) is 0 Å². The second-order valence-electron chi connectivity index (χ2n) is 11.9. The summed E-state index contributed by atoms with van der Waals surface area (Å²) in [6, 6.07) is 23.3. The molecule has 254 valence electrons. The van der Waals surface area contributed by atoms with E-state index in [0.717, 1.165) is 49.9 Å². The summed E-state index contributed by atoms with van der Waals surface area (Å²) >= 11 is 0. The van der Waals surface area contributed by atoms with Gasteiger partial charge in [-0.2, -0.15) is 0 Å². The normalized spacial score (nSPS) is 18.2. The van der Waals surface area contributed by atoms with Crippen LogP contribution >= 0.6 is 0 Å². The van der Waals surface area contributed by atoms with Crippen LogP contribution in [0.15, 0.2) is 85.2 Å². The van der Waals surface area contributed by atoms with Crippen LogP contribution in [0.4, 0.5) is 0 Å². The molecule has 2 aromatic heterocycles. The van der Waals surface area contributed by atoms with E-state index in [4.69, 9.17) is 18.9 Å². The summed E-state index contributed by atoms with van der Waals surface area (Å²) in [5.41, 5.74) is 4.05. The Kier molecular flexibility index (Phi) is 13.1. The van der Waals surface area contributed by atoms with Crippen molar-refractivity contribution >= 4 is 12.1 Å². The first-order valence-electron chi connectivity index (χ1n) is 15.9. The fourth-order valence-electron chi connectivity index (χ4n) is 5.87. The number of ether oxygens (including phenoxy) is 4. The van der Waals surface area contributed by atoms with Crippen LogP contribution in [-0.4, -0.2) is 53.2 Å². The van der Waals surface area contributed by atoms with E-state index in [1.807, 2.05) is 30.3 Å². The molecule has 3 aliphatic heterocycles. The topological polar surface area (TPSA) is 100 Å². The van der Waals surface area contributed by atoms with Gasteiger partial charge in [-0.05, 0) is 86.1 Å². The van der Waals surface area contributed by atoms with Gasteiger partial charge in [-0.15, -0.1) is 0 Å². The smallest absolute Gasteiger partial charge is 0.257 e. The van der Waals surface area contributed by atoms with Gasteiger partial charge < -0.3 is 23.7 Å². The highest BCUT2D eigenvalue weighted by Gasteiger charge is 2.25. The zero-order valence-electron chi connectivity index (χ0n) is 26.0. The van der Waals surface area contributed by atoms with Gasteiger partial charge in [-0.1, -0.05) is 63.4 Å². The number of hydrogen-bond acceptors (Lipinski definition) is 9. The van der Waals surface area contributed by atoms with E-state index in [2.05, 4.69) is 39.1 Å². The average molecular weight is 654 g/mol. The molecule has 0 bridgehead atoms. The zero-order chi connectivity index (χ0) is 31.7. The van der Waals surface area contributed by atoms with Crippen LogP contribution in [0, 0.1) is 5.92 Å². The summed E-state index contributed by atoms with van der Waals surface area (Å²) < 4.78 is 23.1. The number of likely N-dealkylation sites (tertiary alicyclic amines) is 1. The lowest BCUT2D eigenvalue weighted by Crippen LogP contribution is -2.33. The SMILES string of the molecule is C.C.CC(=O)CCC1CCN(Cc2ccc([C@H]3COc4cccnc4O3)cc2)CC1.O=Cc1ccc([C@H]2COc3cccnc3O2)cc1. The monoisotopic (exact) mass is 653 g/mol. The van der Waals surface area contributed by atoms with E-state index in [9.17, 15) is 9.59 Å². The minimum atomic E-state index is -0.187. The van der Waals surface area contributed by atoms with Crippen molar-refractivity contribution in [2.75, 3.05) is 26.3 Å². The molecule has 48 heavy (non-hydrogen) atoms. The first kappa shape index (κ1) is 36.1. The van der Waals surface area contributed by atoms with Gasteiger partial charge in [-0.3, -0.25) is 9.69 Å². The first-order chi connectivity index (χ1) is 22.5. The van der Waals surface area contributed by atoms with E-state index in [1.54, 1.807) is 37.5 Å². The highest BCUT2D eigenvalue weighted by molar-refractivity contribution is 5.75. The number of nitrogens with zero attached hydrogens (tertiary/aromatic N) is 3. The number of carbonyl (C=O) groups excluding carboxylic acids is 2. The van der Waals surface area contributed by atoms with Crippen molar-refractivity contribution in [2.45, 2.75) is 66.2 Å². The van der Waals surface area contributed by atoms with E-state index in [-0.39, 0.29) is 27.1 Å². The van der Waals surface area contributed by atoms with Crippen LogP contribution in [0.5, 0.6) is 23.3 Å². The number of rotatable bonds is 8. The van der Waals surface area contributed by atoms with Crippen LogP contribution in [-0.2, 0) is 11.3 Å². The molecule has 7 rings (SSSR count). The van der Waals surface area contributed by atoms with Gasteiger partial charge in [-0.25, -0.2) is 9.97 Å². The Labute approximate surface area is 284 Å². The molecule has 1 saturated heterocycles. The van der Waals surface area contributed by atoms with Crippen LogP contribution in [0.1, 0.15) is 86.7 Å². The maximum absolute atomic E-state index is 11.2. The van der Waals surface area contributed by atoms with Crippen molar-refractivity contribution in [1.29, 1.82) is 0 Å². The number of carbonyl (C=O) groups is 2. The maximum atomic E-state index is 11.2. The predicted octanol–water partition coefficient (Wildman–Crippen LogP) is 7.85. The highest BCUT2D eigenvalue weighted by atomic mass is 16.6. The van der Waals surface area contributed by atoms with Gasteiger partial charge in [0.15, 0.2) is 23.7 Å². The lowest BCUT2D eigenvalue weighted by atomic mass is 9.91. The van der Waals surface area contributed by atoms with Crippen molar-refractivity contribution in [3.63, 3.8) is 0 Å². The molecular weight excluding hydrogens is 606 g/mol. The molecule has 9 nitrogen and oxygen atoms in total. The van der Waals surface area contributed by atoms with Gasteiger partial charge in [0.05, 0.1) is 0 Å². The molecule has 0 amide bonds. The molecule has 2 aromatic carbocycles. The number of pyridine rings is 2. The molecular formula is C39H47N3O6. The summed E-state index contributed by atoms with van der Waals surface area (Å²) in [6.07, 6.45) is 8.09. The Bertz CT molecular complexity index is 1600. The standard InChI is InChI=1S/C23H28N2O3.C14H11NO3.2CH4/c1-17(26)4-5-18-10-13-25(14-11-18)15-19-6-8-20(9-7-19)22-16-27-21-3-2-12-24-23(21)28-22;16-8-10-3-5-11(6-4-10)13-9-17-12-2-1-7-15-14(12)18-13;;/h2-3,6-9,12,18,22H,4-5,10-11,13-16H2,1H3;1-8,13H,9H2;2*1H4/t22-;13-;;/m11../s1. The number of fused-ring (bicyclic) bond motifs is 2. The molecule has 0 N–H and O–H groups in total. The van der Waals surface area contributed by atoms with E-state index < -0.39 is 0 Å². The second-order valence-corrected chi connectivity index (χ2v) is 11.9. The summed E-state index contributed by atoms with van der Waals surface area (Å²) in [5, 5.41) is 0. The highest BCUT2D eigenvalue weighted by Crippen LogP contribution is 2.35. The molecule has 0 unspecified atom stereocenters. The van der Waals surface area contributed by atoms with Gasteiger partial charge in [0.25, 0.3) is 11.8 Å². The van der Waals surface area contributed by atoms with Crippen molar-refractivity contribution in [3.05, 3.63) is 107 Å². The Morgan fingerprint density at radius 2 is 1.31 bits per heavy atom. The minimum Gasteiger partial charge on any atom is -0.484 e. The fraction of sp³-hybridized carbons (Fsp3) is 0.385. The summed E-state index contributed by atoms with van der Waals surface area (Å²) in [5.74, 6) is 3.47. The van der Waals surface area contributed by atoms with E-state index in [0.29, 0.717) is 53.7 Å². The Hall–Kier alpha value is -4.76. The zero-order valence-corrected chi connectivity index (χ0v) is 26.0. The molecule has 0 aliphatic carbocycles. The lowest BCUT2D eigenvalue weighted by molar-refractivity contribution is -0.117. The van der Waals surface area contributed by atoms with Gasteiger partial charge in [0.2, 0.25) is 0 Å². The third-order valence-electron chi connectivity index (χ3n) is 8.57. The Morgan fingerprint density at radius 3 is 1.81 bits per heavy atom. The summed E-state index contributed by atoms with van der Waals surface area (Å²) in [6.45, 7) is 5.86. The number of piperidine rings is 1. The minimum absolute atomic E-state index is 0. The van der Waals surface area contributed by atoms with Crippen molar-refractivity contribution in [3.8, 4) is 23.3 Å². The number of Topliss-reactive ketones (excluding diaryl/α,β-unsaturated/α-hetero) is 1. The van der Waals surface area contributed by atoms with Crippen molar-refractivity contribution < 1.29 is 28.5 Å². The molecule has 4 aromatic rings. The maximum Gasteiger partial charge on any atom is 0.257 e. The molecule has 9 heteroatoms. The average Bonchev–Trinajstić information content (AvgIpc) is 3.11. The molecule has 1 fully saturated rings. The third-order valence-corrected chi connectivity index (χ3v) is 8.57. The van der Waals surface area contributed by atoms with Crippen LogP contribution < -0.4 is 18.9 Å². The molecule has 3 aliphatic rings. The number of aldehydes is 1. The number of hydrogen-bond donors (Lipinski definition) is 0. The van der Waals surface area contributed by atoms with E-state index in [1.165, 1.54) is 18.4 Å². The molecule has 2 atom stereocenters. The first-order valence-corrected chi connectivity index (χ1v) is 15.9. The third kappa shape index (κ3) is 9.41. The predicted molar refractivity (Wildman–Crippen MR) is 186 cm³/mol. The van der Waals surface area contributed by atoms with Gasteiger partial charge in [0.1, 0.15) is 25.3 Å². The summed E-state index contributed by atoms with van der Waals surface area (Å²) in [7, 11) is 0. The molecule has 0 spiro atoms. The van der Waals surface area contributed by atoms with E-state index >= 15 is 0 Å². The molecule has 5 heterocycles. The number of aromatic nitrogens is 2. The summed E-state index contributed by atoms with van der Waals surface area (Å²) in [4.78, 5) is 32.6. The van der Waals surface area contributed by atoms with Crippen LogP contribution in [0.25, 0.3) is 0 Å². The largest absolute Gasteiger partial charge is 0.484 e. The van der Waals surface area contributed by atoms with Crippen molar-refractivity contribution in [2.24, 2.45) is 5.92 Å². The Morgan fingerprint density at radius 1 is 0.792 bits per heavy atom. The second kappa shape index (κ2) is 17.4. The van der Waals surface area contributed by atoms with Gasteiger partial charge in [0, 0.05) is 30.9 Å². The number of benzene rings is 2. The molecule has 0 saturated carbocycles. The lowest BCUT2D eigenvalue weighted by Gasteiger charge is -2.32. The number of ketones is 1. The van der Waals surface area contributed by atoms with Crippen LogP contribution in [0.3, 0.4) is 0 Å². The quantitative estimate of drug-likeness (QED) is 0.176. The van der Waals surface area contributed by atoms with Crippen molar-refractivity contribution in [1.82, 2.24) is 14.9 Å². The molecule has 0 radical (unpaired) electrons.